The Morgan fingerprint density at radius 2 is 1.91 bits per heavy atom. The van der Waals surface area contributed by atoms with Gasteiger partial charge in [-0.1, -0.05) is 0 Å². The Morgan fingerprint density at radius 3 is 2.44 bits per heavy atom. The fourth-order valence-electron chi connectivity index (χ4n) is 4.58. The van der Waals surface area contributed by atoms with Crippen LogP contribution in [0.2, 0.25) is 0 Å². The molecule has 0 aromatic heterocycles. The van der Waals surface area contributed by atoms with E-state index in [9.17, 15) is 28.3 Å². The van der Waals surface area contributed by atoms with Crippen LogP contribution in [0.3, 0.4) is 0 Å². The molecule has 2 aliphatic carbocycles. The lowest BCUT2D eigenvalue weighted by Gasteiger charge is -2.58. The van der Waals surface area contributed by atoms with Gasteiger partial charge in [0.05, 0.1) is 33.2 Å². The smallest absolute Gasteiger partial charge is 0.490 e. The maximum atomic E-state index is 13.0. The van der Waals surface area contributed by atoms with Gasteiger partial charge < -0.3 is 29.5 Å². The summed E-state index contributed by atoms with van der Waals surface area (Å²) in [5.74, 6) is -2.21. The first-order valence-electron chi connectivity index (χ1n) is 9.56. The molecule has 2 N–H and O–H groups in total. The summed E-state index contributed by atoms with van der Waals surface area (Å²) in [6, 6.07) is 3.17. The van der Waals surface area contributed by atoms with E-state index in [0.717, 1.165) is 16.7 Å². The molecule has 0 spiro atoms. The largest absolute Gasteiger partial charge is 0.633 e. The third-order valence-corrected chi connectivity index (χ3v) is 6.15. The number of nitrogens with zero attached hydrogens (tertiary/aromatic N) is 1. The zero-order valence-electron chi connectivity index (χ0n) is 17.5. The number of allylic oxidation sites excluding steroid dienone is 2. The van der Waals surface area contributed by atoms with E-state index in [4.69, 9.17) is 19.4 Å². The van der Waals surface area contributed by atoms with E-state index in [1.54, 1.807) is 19.2 Å². The van der Waals surface area contributed by atoms with E-state index in [1.165, 1.54) is 14.2 Å². The molecule has 0 saturated carbocycles. The highest BCUT2D eigenvalue weighted by Gasteiger charge is 2.54. The minimum absolute atomic E-state index is 0.0612. The van der Waals surface area contributed by atoms with Gasteiger partial charge in [-0.2, -0.15) is 13.2 Å². The van der Waals surface area contributed by atoms with Crippen LogP contribution in [-0.2, 0) is 26.2 Å². The Bertz CT molecular complexity index is 1030. The van der Waals surface area contributed by atoms with Crippen molar-refractivity contribution < 1.29 is 47.1 Å². The highest BCUT2D eigenvalue weighted by atomic mass is 19.4. The molecule has 1 aromatic carbocycles. The Morgan fingerprint density at radius 1 is 1.28 bits per heavy atom. The number of halogens is 3. The molecule has 0 unspecified atom stereocenters. The Balaban J connectivity index is 0.000000360. The summed E-state index contributed by atoms with van der Waals surface area (Å²) in [7, 11) is 4.65. The summed E-state index contributed by atoms with van der Waals surface area (Å²) in [4.78, 5) is 21.3. The number of methoxy groups -OCH3 is 2. The molecule has 32 heavy (non-hydrogen) atoms. The first kappa shape index (κ1) is 23.6. The average Bonchev–Trinajstić information content (AvgIpc) is 2.70. The summed E-state index contributed by atoms with van der Waals surface area (Å²) in [6.07, 6.45) is -0.578. The van der Waals surface area contributed by atoms with E-state index in [-0.39, 0.29) is 17.6 Å². The molecule has 1 aromatic rings. The number of hydrogen-bond donors (Lipinski definition) is 2. The van der Waals surface area contributed by atoms with Crippen molar-refractivity contribution >= 4 is 11.8 Å². The summed E-state index contributed by atoms with van der Waals surface area (Å²) < 4.78 is 41.9. The van der Waals surface area contributed by atoms with E-state index in [2.05, 4.69) is 0 Å². The molecule has 4 rings (SSSR count). The van der Waals surface area contributed by atoms with Gasteiger partial charge in [-0.3, -0.25) is 4.79 Å². The lowest BCUT2D eigenvalue weighted by molar-refractivity contribution is -0.886. The van der Waals surface area contributed by atoms with Crippen molar-refractivity contribution in [3.63, 3.8) is 0 Å². The highest BCUT2D eigenvalue weighted by molar-refractivity contribution is 6.05. The van der Waals surface area contributed by atoms with Crippen molar-refractivity contribution in [2.75, 3.05) is 27.8 Å². The minimum atomic E-state index is -5.08. The van der Waals surface area contributed by atoms with Crippen molar-refractivity contribution in [1.29, 1.82) is 0 Å². The first-order chi connectivity index (χ1) is 14.8. The molecule has 0 radical (unpaired) electrons. The average molecular weight is 457 g/mol. The second-order valence-electron chi connectivity index (χ2n) is 8.00. The first-order valence-corrected chi connectivity index (χ1v) is 9.56. The van der Waals surface area contributed by atoms with Crippen molar-refractivity contribution in [1.82, 2.24) is 0 Å². The molecule has 1 fully saturated rings. The predicted molar refractivity (Wildman–Crippen MR) is 105 cm³/mol. The predicted octanol–water partition coefficient (Wildman–Crippen LogP) is 2.58. The van der Waals surface area contributed by atoms with Gasteiger partial charge in [-0.15, -0.1) is 0 Å². The molecule has 3 aliphatic rings. The number of ketones is 1. The van der Waals surface area contributed by atoms with Gasteiger partial charge in [0.1, 0.15) is 6.04 Å². The fraction of sp³-hybridized carbons (Fsp3) is 0.429. The number of piperidine rings is 1. The molecule has 3 atom stereocenters. The number of hydrogen-bond acceptors (Lipinski definition) is 6. The Kier molecular flexibility index (Phi) is 5.77. The van der Waals surface area contributed by atoms with Crippen molar-refractivity contribution in [2.45, 2.75) is 30.5 Å². The van der Waals surface area contributed by atoms with Gasteiger partial charge in [0.25, 0.3) is 0 Å². The number of alkyl halides is 3. The maximum Gasteiger partial charge on any atom is 0.490 e. The Hall–Kier alpha value is -3.05. The molecular weight excluding hydrogens is 435 g/mol. The summed E-state index contributed by atoms with van der Waals surface area (Å²) in [6.45, 7) is 0.451. The van der Waals surface area contributed by atoms with Crippen molar-refractivity contribution in [3.8, 4) is 11.5 Å². The quantitative estimate of drug-likeness (QED) is 0.518. The van der Waals surface area contributed by atoms with E-state index in [1.807, 2.05) is 12.1 Å². The SMILES string of the molecule is COC1=C[C@]23CC[N@+](C)([O-])[C@H](Cc4cc(O)c(OC)cc42)C3=CC1=O.O=C(O)C(F)(F)F. The van der Waals surface area contributed by atoms with Crippen LogP contribution in [-0.4, -0.2) is 66.6 Å². The standard InChI is InChI=1S/C19H21NO5.C2HF3O2/c1-20(23)5-4-19-10-18(25-3)16(22)8-13(19)14(20)6-11-7-15(21)17(24-2)9-12(11)19;3-2(4,5)1(6)7/h7-10,14,21H,4-6H2,1-3H3;(H,6,7)/t14-,19-,20+;/m1./s1. The molecule has 1 heterocycles. The number of carbonyl (C=O) groups excluding carboxylic acids is 1. The number of carboxylic acid groups (broad SMARTS) is 1. The molecule has 1 aliphatic heterocycles. The van der Waals surface area contributed by atoms with E-state index >= 15 is 0 Å². The summed E-state index contributed by atoms with van der Waals surface area (Å²) >= 11 is 0. The van der Waals surface area contributed by atoms with Crippen LogP contribution in [0.5, 0.6) is 11.5 Å². The number of carbonyl (C=O) groups is 2. The number of ether oxygens (including phenoxy) is 2. The summed E-state index contributed by atoms with van der Waals surface area (Å²) in [5, 5.41) is 30.3. The number of fused-ring (bicyclic) bond motifs is 1. The molecule has 174 valence electrons. The highest BCUT2D eigenvalue weighted by Crippen LogP contribution is 2.54. The molecule has 11 heteroatoms. The summed E-state index contributed by atoms with van der Waals surface area (Å²) in [5.41, 5.74) is 2.19. The normalized spacial score (nSPS) is 28.2. The van der Waals surface area contributed by atoms with Crippen molar-refractivity contribution in [2.24, 2.45) is 0 Å². The number of carboxylic acids is 1. The number of likely N-dealkylation sites (N-methyl/N-ethyl adjacent to an activating group) is 1. The minimum Gasteiger partial charge on any atom is -0.633 e. The van der Waals surface area contributed by atoms with Crippen LogP contribution >= 0.6 is 0 Å². The van der Waals surface area contributed by atoms with Gasteiger partial charge in [0, 0.05) is 18.4 Å². The Labute approximate surface area is 181 Å². The van der Waals surface area contributed by atoms with Gasteiger partial charge in [0.2, 0.25) is 5.78 Å². The van der Waals surface area contributed by atoms with Crippen molar-refractivity contribution in [3.05, 3.63) is 52.0 Å². The van der Waals surface area contributed by atoms with Crippen LogP contribution in [0.1, 0.15) is 17.5 Å². The second kappa shape index (κ2) is 7.82. The molecular formula is C21H22F3NO7. The van der Waals surface area contributed by atoms with Crippen LogP contribution in [0.15, 0.2) is 35.6 Å². The number of rotatable bonds is 2. The van der Waals surface area contributed by atoms with Gasteiger partial charge in [0.15, 0.2) is 17.3 Å². The molecule has 8 nitrogen and oxygen atoms in total. The zero-order valence-corrected chi connectivity index (χ0v) is 17.5. The third-order valence-electron chi connectivity index (χ3n) is 6.15. The van der Waals surface area contributed by atoms with Gasteiger partial charge in [-0.25, -0.2) is 4.79 Å². The number of aromatic hydroxyl groups is 1. The number of quaternary nitrogens is 1. The zero-order chi connectivity index (χ0) is 24.1. The number of hydroxylamine groups is 3. The topological polar surface area (TPSA) is 116 Å². The molecule has 1 saturated heterocycles. The maximum absolute atomic E-state index is 13.0. The molecule has 0 amide bonds. The number of phenolic OH excluding ortho intramolecular Hbond substituents is 1. The van der Waals surface area contributed by atoms with Crippen LogP contribution < -0.4 is 4.74 Å². The monoisotopic (exact) mass is 457 g/mol. The number of aliphatic carboxylic acids is 1. The number of benzene rings is 1. The number of likely N-dealkylation sites (tertiary alicyclic amines) is 1. The fourth-order valence-corrected chi connectivity index (χ4v) is 4.58. The third kappa shape index (κ3) is 3.82. The lowest BCUT2D eigenvalue weighted by Crippen LogP contribution is -2.61. The lowest BCUT2D eigenvalue weighted by atomic mass is 9.58. The van der Waals surface area contributed by atoms with Gasteiger partial charge in [-0.05, 0) is 35.4 Å². The second-order valence-corrected chi connectivity index (χ2v) is 8.00. The molecule has 2 bridgehead atoms. The van der Waals surface area contributed by atoms with E-state index in [0.29, 0.717) is 30.9 Å². The van der Waals surface area contributed by atoms with E-state index < -0.39 is 22.2 Å². The van der Waals surface area contributed by atoms with Gasteiger partial charge >= 0.3 is 12.1 Å². The van der Waals surface area contributed by atoms with Crippen LogP contribution in [0, 0.1) is 5.21 Å². The van der Waals surface area contributed by atoms with Crippen LogP contribution in [0.25, 0.3) is 0 Å². The number of phenols is 1. The van der Waals surface area contributed by atoms with Crippen LogP contribution in [0.4, 0.5) is 13.2 Å².